The number of esters is 1. The van der Waals surface area contributed by atoms with E-state index in [2.05, 4.69) is 0 Å². The summed E-state index contributed by atoms with van der Waals surface area (Å²) in [7, 11) is -3.83. The first kappa shape index (κ1) is 20.4. The van der Waals surface area contributed by atoms with Crippen LogP contribution in [0.4, 0.5) is 5.69 Å². The Labute approximate surface area is 180 Å². The number of rotatable bonds is 5. The van der Waals surface area contributed by atoms with Gasteiger partial charge in [0.25, 0.3) is 10.0 Å². The van der Waals surface area contributed by atoms with E-state index < -0.39 is 16.0 Å². The second kappa shape index (κ2) is 8.13. The summed E-state index contributed by atoms with van der Waals surface area (Å²) in [5, 5.41) is 0.503. The van der Waals surface area contributed by atoms with E-state index in [1.54, 1.807) is 36.4 Å². The highest BCUT2D eigenvalue weighted by atomic mass is 35.5. The number of carbonyl (C=O) groups excluding carboxylic acids is 1. The highest BCUT2D eigenvalue weighted by Crippen LogP contribution is 2.36. The van der Waals surface area contributed by atoms with Crippen molar-refractivity contribution in [3.05, 3.63) is 94.5 Å². The Hall–Kier alpha value is -2.83. The smallest absolute Gasteiger partial charge is 0.338 e. The first-order valence-electron chi connectivity index (χ1n) is 9.51. The molecule has 3 aromatic carbocycles. The molecule has 4 rings (SSSR count). The number of hydrogen-bond acceptors (Lipinski definition) is 4. The molecule has 1 aliphatic rings. The summed E-state index contributed by atoms with van der Waals surface area (Å²) in [6, 6.07) is 20.3. The number of anilines is 1. The van der Waals surface area contributed by atoms with Gasteiger partial charge in [0.2, 0.25) is 0 Å². The van der Waals surface area contributed by atoms with Gasteiger partial charge in [0.15, 0.2) is 0 Å². The van der Waals surface area contributed by atoms with Crippen LogP contribution in [0.25, 0.3) is 0 Å². The number of carbonyl (C=O) groups is 1. The molecule has 0 aromatic heterocycles. The molecule has 0 spiro atoms. The third kappa shape index (κ3) is 3.80. The van der Waals surface area contributed by atoms with E-state index in [9.17, 15) is 13.2 Å². The average Bonchev–Trinajstić information content (AvgIpc) is 3.09. The predicted molar refractivity (Wildman–Crippen MR) is 116 cm³/mol. The quantitative estimate of drug-likeness (QED) is 0.531. The molecule has 154 valence electrons. The van der Waals surface area contributed by atoms with E-state index in [-0.39, 0.29) is 23.1 Å². The molecule has 1 atom stereocenters. The Kier molecular flexibility index (Phi) is 5.54. The van der Waals surface area contributed by atoms with Gasteiger partial charge in [0, 0.05) is 16.6 Å². The lowest BCUT2D eigenvalue weighted by atomic mass is 10.1. The van der Waals surface area contributed by atoms with Crippen LogP contribution in [0.3, 0.4) is 0 Å². The maximum absolute atomic E-state index is 13.4. The number of sulfonamides is 1. The number of benzene rings is 3. The number of fused-ring (bicyclic) bond motifs is 1. The minimum Gasteiger partial charge on any atom is -0.457 e. The fourth-order valence-corrected chi connectivity index (χ4v) is 5.57. The maximum Gasteiger partial charge on any atom is 0.338 e. The molecule has 0 fully saturated rings. The Bertz CT molecular complexity index is 1210. The van der Waals surface area contributed by atoms with Crippen molar-refractivity contribution in [2.24, 2.45) is 0 Å². The monoisotopic (exact) mass is 441 g/mol. The molecule has 0 saturated carbocycles. The molecule has 0 amide bonds. The highest BCUT2D eigenvalue weighted by molar-refractivity contribution is 7.92. The Balaban J connectivity index is 1.58. The standard InChI is InChI=1S/C23H20ClNO4S/c1-16-13-17-7-3-5-12-22(17)25(16)30(27,28)20-10-6-9-18(14-20)23(26)29-15-19-8-2-4-11-21(19)24/h2-12,14,16H,13,15H2,1H3. The zero-order valence-electron chi connectivity index (χ0n) is 16.3. The normalized spacial score (nSPS) is 15.7. The second-order valence-electron chi connectivity index (χ2n) is 7.18. The lowest BCUT2D eigenvalue weighted by Crippen LogP contribution is -2.35. The van der Waals surface area contributed by atoms with E-state index in [0.717, 1.165) is 5.56 Å². The summed E-state index contributed by atoms with van der Waals surface area (Å²) in [6.07, 6.45) is 0.648. The molecule has 1 heterocycles. The second-order valence-corrected chi connectivity index (χ2v) is 9.40. The van der Waals surface area contributed by atoms with E-state index >= 15 is 0 Å². The highest BCUT2D eigenvalue weighted by Gasteiger charge is 2.36. The van der Waals surface area contributed by atoms with Gasteiger partial charge in [-0.1, -0.05) is 54.1 Å². The molecular formula is C23H20ClNO4S. The van der Waals surface area contributed by atoms with E-state index in [1.807, 2.05) is 25.1 Å². The van der Waals surface area contributed by atoms with Crippen molar-refractivity contribution in [2.45, 2.75) is 30.9 Å². The number of halogens is 1. The van der Waals surface area contributed by atoms with Crippen LogP contribution in [0.5, 0.6) is 0 Å². The average molecular weight is 442 g/mol. The lowest BCUT2D eigenvalue weighted by molar-refractivity contribution is 0.0472. The van der Waals surface area contributed by atoms with Crippen LogP contribution in [0.1, 0.15) is 28.4 Å². The maximum atomic E-state index is 13.4. The number of para-hydroxylation sites is 1. The van der Waals surface area contributed by atoms with Gasteiger partial charge < -0.3 is 4.74 Å². The minimum absolute atomic E-state index is 0.00597. The van der Waals surface area contributed by atoms with Gasteiger partial charge in [-0.3, -0.25) is 4.31 Å². The third-order valence-electron chi connectivity index (χ3n) is 5.09. The molecule has 30 heavy (non-hydrogen) atoms. The summed E-state index contributed by atoms with van der Waals surface area (Å²) in [5.74, 6) is -0.609. The minimum atomic E-state index is -3.83. The van der Waals surface area contributed by atoms with Gasteiger partial charge >= 0.3 is 5.97 Å². The largest absolute Gasteiger partial charge is 0.457 e. The zero-order valence-corrected chi connectivity index (χ0v) is 17.9. The molecular weight excluding hydrogens is 422 g/mol. The molecule has 0 aliphatic carbocycles. The van der Waals surface area contributed by atoms with Crippen molar-refractivity contribution in [3.8, 4) is 0 Å². The van der Waals surface area contributed by atoms with E-state index in [0.29, 0.717) is 22.7 Å². The number of nitrogens with zero attached hydrogens (tertiary/aromatic N) is 1. The third-order valence-corrected chi connectivity index (χ3v) is 7.38. The topological polar surface area (TPSA) is 63.7 Å². The zero-order chi connectivity index (χ0) is 21.3. The van der Waals surface area contributed by atoms with Crippen molar-refractivity contribution in [1.82, 2.24) is 0 Å². The van der Waals surface area contributed by atoms with Crippen molar-refractivity contribution in [2.75, 3.05) is 4.31 Å². The molecule has 1 unspecified atom stereocenters. The molecule has 0 bridgehead atoms. The SMILES string of the molecule is CC1Cc2ccccc2N1S(=O)(=O)c1cccc(C(=O)OCc2ccccc2Cl)c1. The predicted octanol–water partition coefficient (Wildman–Crippen LogP) is 4.84. The first-order chi connectivity index (χ1) is 14.4. The molecule has 0 saturated heterocycles. The first-order valence-corrected chi connectivity index (χ1v) is 11.3. The molecule has 0 radical (unpaired) electrons. The Morgan fingerprint density at radius 3 is 2.60 bits per heavy atom. The van der Waals surface area contributed by atoms with Gasteiger partial charge in [-0.05, 0) is 49.2 Å². The van der Waals surface area contributed by atoms with Crippen molar-refractivity contribution >= 4 is 33.3 Å². The summed E-state index contributed by atoms with van der Waals surface area (Å²) < 4.78 is 33.5. The van der Waals surface area contributed by atoms with Crippen LogP contribution in [0.2, 0.25) is 5.02 Å². The van der Waals surface area contributed by atoms with Crippen LogP contribution < -0.4 is 4.31 Å². The van der Waals surface area contributed by atoms with Gasteiger partial charge in [0.05, 0.1) is 16.1 Å². The number of hydrogen-bond donors (Lipinski definition) is 0. The lowest BCUT2D eigenvalue weighted by Gasteiger charge is -2.24. The summed E-state index contributed by atoms with van der Waals surface area (Å²) in [6.45, 7) is 1.88. The van der Waals surface area contributed by atoms with Gasteiger partial charge in [-0.15, -0.1) is 0 Å². The van der Waals surface area contributed by atoms with Crippen molar-refractivity contribution in [1.29, 1.82) is 0 Å². The molecule has 0 N–H and O–H groups in total. The molecule has 3 aromatic rings. The Morgan fingerprint density at radius 2 is 1.80 bits per heavy atom. The van der Waals surface area contributed by atoms with Crippen LogP contribution in [-0.4, -0.2) is 20.4 Å². The van der Waals surface area contributed by atoms with Gasteiger partial charge in [-0.25, -0.2) is 13.2 Å². The summed E-state index contributed by atoms with van der Waals surface area (Å²) in [4.78, 5) is 12.6. The van der Waals surface area contributed by atoms with Gasteiger partial charge in [-0.2, -0.15) is 0 Å². The number of ether oxygens (including phenoxy) is 1. The fraction of sp³-hybridized carbons (Fsp3) is 0.174. The van der Waals surface area contributed by atoms with Crippen molar-refractivity contribution < 1.29 is 17.9 Å². The van der Waals surface area contributed by atoms with Crippen LogP contribution in [0, 0.1) is 0 Å². The van der Waals surface area contributed by atoms with Crippen LogP contribution >= 0.6 is 11.6 Å². The van der Waals surface area contributed by atoms with Crippen LogP contribution in [-0.2, 0) is 27.8 Å². The van der Waals surface area contributed by atoms with Gasteiger partial charge in [0.1, 0.15) is 6.61 Å². The molecule has 5 nitrogen and oxygen atoms in total. The summed E-state index contributed by atoms with van der Waals surface area (Å²) >= 11 is 6.09. The Morgan fingerprint density at radius 1 is 1.07 bits per heavy atom. The molecule has 1 aliphatic heterocycles. The van der Waals surface area contributed by atoms with E-state index in [1.165, 1.54) is 22.5 Å². The van der Waals surface area contributed by atoms with Crippen LogP contribution in [0.15, 0.2) is 77.7 Å². The fourth-order valence-electron chi connectivity index (χ4n) is 3.64. The van der Waals surface area contributed by atoms with Crippen molar-refractivity contribution in [3.63, 3.8) is 0 Å². The summed E-state index contributed by atoms with van der Waals surface area (Å²) in [5.41, 5.74) is 2.52. The van der Waals surface area contributed by atoms with E-state index in [4.69, 9.17) is 16.3 Å². The molecule has 7 heteroatoms.